The van der Waals surface area contributed by atoms with Crippen LogP contribution < -0.4 is 10.6 Å². The summed E-state index contributed by atoms with van der Waals surface area (Å²) in [5.74, 6) is 1.13. The maximum Gasteiger partial charge on any atom is 0.124 e. The summed E-state index contributed by atoms with van der Waals surface area (Å²) in [4.78, 5) is 0. The molecule has 2 rings (SSSR count). The third-order valence-corrected chi connectivity index (χ3v) is 3.99. The number of anilines is 1. The van der Waals surface area contributed by atoms with Crippen molar-refractivity contribution in [3.05, 3.63) is 11.8 Å². The van der Waals surface area contributed by atoms with Crippen molar-refractivity contribution < 1.29 is 0 Å². The Balaban J connectivity index is 1.99. The highest BCUT2D eigenvalue weighted by Gasteiger charge is 2.31. The lowest BCUT2D eigenvalue weighted by molar-refractivity contribution is 0.205. The van der Waals surface area contributed by atoms with Crippen LogP contribution in [0.5, 0.6) is 0 Å². The van der Waals surface area contributed by atoms with Gasteiger partial charge in [0.1, 0.15) is 5.82 Å². The molecule has 1 aromatic heterocycles. The topological polar surface area (TPSA) is 41.9 Å². The summed E-state index contributed by atoms with van der Waals surface area (Å²) >= 11 is 0. The quantitative estimate of drug-likeness (QED) is 0.842. The van der Waals surface area contributed by atoms with E-state index in [4.69, 9.17) is 0 Å². The van der Waals surface area contributed by atoms with Gasteiger partial charge in [-0.15, -0.1) is 0 Å². The summed E-state index contributed by atoms with van der Waals surface area (Å²) in [6.07, 6.45) is 5.18. The highest BCUT2D eigenvalue weighted by Crippen LogP contribution is 2.31. The number of aromatic nitrogens is 2. The van der Waals surface area contributed by atoms with Gasteiger partial charge in [0.2, 0.25) is 0 Å². The van der Waals surface area contributed by atoms with E-state index in [1.165, 1.54) is 32.2 Å². The molecule has 0 amide bonds. The van der Waals surface area contributed by atoms with E-state index in [1.54, 1.807) is 0 Å². The molecule has 0 bridgehead atoms. The summed E-state index contributed by atoms with van der Waals surface area (Å²) in [7, 11) is 2.00. The van der Waals surface area contributed by atoms with Gasteiger partial charge >= 0.3 is 0 Å². The standard InChI is InChI=1S/C14H26N4/c1-4-6-14(7-5-8-15-10-14)11-16-13-9-12(2)17-18(13)3/h9,15-16H,4-8,10-11H2,1-3H3. The van der Waals surface area contributed by atoms with Crippen LogP contribution in [0.1, 0.15) is 38.3 Å². The lowest BCUT2D eigenvalue weighted by atomic mass is 9.77. The van der Waals surface area contributed by atoms with Gasteiger partial charge in [0.25, 0.3) is 0 Å². The number of rotatable bonds is 5. The Morgan fingerprint density at radius 1 is 1.56 bits per heavy atom. The molecule has 102 valence electrons. The van der Waals surface area contributed by atoms with Crippen LogP contribution >= 0.6 is 0 Å². The molecule has 0 aromatic carbocycles. The second kappa shape index (κ2) is 5.74. The summed E-state index contributed by atoms with van der Waals surface area (Å²) in [6.45, 7) is 7.69. The Bertz CT molecular complexity index is 372. The molecule has 4 nitrogen and oxygen atoms in total. The Morgan fingerprint density at radius 3 is 2.94 bits per heavy atom. The average Bonchev–Trinajstić information content (AvgIpc) is 2.67. The van der Waals surface area contributed by atoms with E-state index in [0.717, 1.165) is 24.6 Å². The first-order valence-corrected chi connectivity index (χ1v) is 7.10. The van der Waals surface area contributed by atoms with Crippen LogP contribution in [0, 0.1) is 12.3 Å². The average molecular weight is 250 g/mol. The van der Waals surface area contributed by atoms with E-state index < -0.39 is 0 Å². The molecule has 1 aliphatic rings. The first kappa shape index (κ1) is 13.4. The van der Waals surface area contributed by atoms with Gasteiger partial charge < -0.3 is 10.6 Å². The molecule has 18 heavy (non-hydrogen) atoms. The molecule has 0 aliphatic carbocycles. The minimum Gasteiger partial charge on any atom is -0.370 e. The van der Waals surface area contributed by atoms with Crippen molar-refractivity contribution in [3.63, 3.8) is 0 Å². The molecule has 4 heteroatoms. The van der Waals surface area contributed by atoms with Crippen LogP contribution in [-0.2, 0) is 7.05 Å². The molecule has 2 heterocycles. The van der Waals surface area contributed by atoms with Crippen LogP contribution in [0.25, 0.3) is 0 Å². The van der Waals surface area contributed by atoms with Gasteiger partial charge in [0.15, 0.2) is 0 Å². The fraction of sp³-hybridized carbons (Fsp3) is 0.786. The third kappa shape index (κ3) is 3.05. The van der Waals surface area contributed by atoms with Crippen molar-refractivity contribution in [1.82, 2.24) is 15.1 Å². The fourth-order valence-corrected chi connectivity index (χ4v) is 3.07. The third-order valence-electron chi connectivity index (χ3n) is 3.99. The molecule has 1 aromatic rings. The van der Waals surface area contributed by atoms with E-state index >= 15 is 0 Å². The lowest BCUT2D eigenvalue weighted by Gasteiger charge is -2.38. The molecule has 1 aliphatic heterocycles. The van der Waals surface area contributed by atoms with Gasteiger partial charge in [-0.1, -0.05) is 13.3 Å². The molecule has 1 unspecified atom stereocenters. The normalized spacial score (nSPS) is 24.2. The summed E-state index contributed by atoms with van der Waals surface area (Å²) in [6, 6.07) is 2.12. The Morgan fingerprint density at radius 2 is 2.39 bits per heavy atom. The predicted molar refractivity (Wildman–Crippen MR) is 75.9 cm³/mol. The second-order valence-electron chi connectivity index (χ2n) is 5.68. The van der Waals surface area contributed by atoms with Crippen LogP contribution in [0.4, 0.5) is 5.82 Å². The fourth-order valence-electron chi connectivity index (χ4n) is 3.07. The SMILES string of the molecule is CCCC1(CNc2cc(C)nn2C)CCCNC1. The molecule has 0 radical (unpaired) electrons. The summed E-state index contributed by atoms with van der Waals surface area (Å²) in [5, 5.41) is 11.5. The highest BCUT2D eigenvalue weighted by molar-refractivity contribution is 5.36. The van der Waals surface area contributed by atoms with Gasteiger partial charge in [0.05, 0.1) is 5.69 Å². The van der Waals surface area contributed by atoms with Crippen LogP contribution in [-0.4, -0.2) is 29.4 Å². The number of aryl methyl sites for hydroxylation is 2. The van der Waals surface area contributed by atoms with Crippen LogP contribution in [0.2, 0.25) is 0 Å². The molecule has 0 saturated carbocycles. The van der Waals surface area contributed by atoms with Gasteiger partial charge in [-0.25, -0.2) is 0 Å². The lowest BCUT2D eigenvalue weighted by Crippen LogP contribution is -2.44. The predicted octanol–water partition coefficient (Wildman–Crippen LogP) is 2.31. The van der Waals surface area contributed by atoms with E-state index in [1.807, 2.05) is 18.7 Å². The van der Waals surface area contributed by atoms with Crippen molar-refractivity contribution in [3.8, 4) is 0 Å². The van der Waals surface area contributed by atoms with Crippen LogP contribution in [0.3, 0.4) is 0 Å². The number of nitrogens with zero attached hydrogens (tertiary/aromatic N) is 2. The monoisotopic (exact) mass is 250 g/mol. The Labute approximate surface area is 110 Å². The van der Waals surface area contributed by atoms with Gasteiger partial charge in [-0.2, -0.15) is 5.10 Å². The first-order chi connectivity index (χ1) is 8.65. The largest absolute Gasteiger partial charge is 0.370 e. The van der Waals surface area contributed by atoms with E-state index in [0.29, 0.717) is 5.41 Å². The molecule has 2 N–H and O–H groups in total. The molecular weight excluding hydrogens is 224 g/mol. The van der Waals surface area contributed by atoms with Gasteiger partial charge in [-0.3, -0.25) is 4.68 Å². The van der Waals surface area contributed by atoms with Gasteiger partial charge in [-0.05, 0) is 32.7 Å². The zero-order valence-corrected chi connectivity index (χ0v) is 11.9. The van der Waals surface area contributed by atoms with E-state index in [2.05, 4.69) is 28.7 Å². The maximum atomic E-state index is 4.38. The number of hydrogen-bond acceptors (Lipinski definition) is 3. The second-order valence-corrected chi connectivity index (χ2v) is 5.68. The molecule has 1 fully saturated rings. The van der Waals surface area contributed by atoms with Crippen molar-refractivity contribution in [2.24, 2.45) is 12.5 Å². The number of hydrogen-bond donors (Lipinski definition) is 2. The van der Waals surface area contributed by atoms with Gasteiger partial charge in [0, 0.05) is 31.6 Å². The van der Waals surface area contributed by atoms with E-state index in [-0.39, 0.29) is 0 Å². The molecule has 1 atom stereocenters. The smallest absolute Gasteiger partial charge is 0.124 e. The molecular formula is C14H26N4. The zero-order chi connectivity index (χ0) is 13.0. The Kier molecular flexibility index (Phi) is 4.27. The highest BCUT2D eigenvalue weighted by atomic mass is 15.3. The van der Waals surface area contributed by atoms with Crippen molar-refractivity contribution in [1.29, 1.82) is 0 Å². The number of nitrogens with one attached hydrogen (secondary N) is 2. The van der Waals surface area contributed by atoms with Crippen LogP contribution in [0.15, 0.2) is 6.07 Å². The van der Waals surface area contributed by atoms with E-state index in [9.17, 15) is 0 Å². The molecule has 0 spiro atoms. The van der Waals surface area contributed by atoms with Crippen molar-refractivity contribution >= 4 is 5.82 Å². The summed E-state index contributed by atoms with van der Waals surface area (Å²) < 4.78 is 1.94. The Hall–Kier alpha value is -1.03. The molecule has 1 saturated heterocycles. The minimum absolute atomic E-state index is 0.422. The first-order valence-electron chi connectivity index (χ1n) is 7.10. The van der Waals surface area contributed by atoms with Crippen molar-refractivity contribution in [2.75, 3.05) is 25.0 Å². The zero-order valence-electron chi connectivity index (χ0n) is 11.9. The summed E-state index contributed by atoms with van der Waals surface area (Å²) in [5.41, 5.74) is 1.50. The number of piperidine rings is 1. The minimum atomic E-state index is 0.422. The maximum absolute atomic E-state index is 4.38. The van der Waals surface area contributed by atoms with Crippen molar-refractivity contribution in [2.45, 2.75) is 39.5 Å².